The van der Waals surface area contributed by atoms with E-state index in [0.717, 1.165) is 11.3 Å². The number of rotatable bonds is 2. The number of nitrogens with two attached hydrogens (primary N) is 1. The van der Waals surface area contributed by atoms with E-state index in [4.69, 9.17) is 17.3 Å². The summed E-state index contributed by atoms with van der Waals surface area (Å²) in [5.41, 5.74) is 7.74. The molecule has 2 aromatic rings. The summed E-state index contributed by atoms with van der Waals surface area (Å²) in [6.07, 6.45) is 0.638. The highest BCUT2D eigenvalue weighted by Gasteiger charge is 2.27. The fourth-order valence-electron chi connectivity index (χ4n) is 2.31. The minimum absolute atomic E-state index is 0.0118. The van der Waals surface area contributed by atoms with Crippen molar-refractivity contribution in [3.05, 3.63) is 64.9 Å². The number of hydrogen-bond acceptors (Lipinski definition) is 3. The zero-order chi connectivity index (χ0) is 14.1. The van der Waals surface area contributed by atoms with Gasteiger partial charge in [-0.1, -0.05) is 23.7 Å². The molecule has 1 aliphatic rings. The summed E-state index contributed by atoms with van der Waals surface area (Å²) in [5, 5.41) is 6.85. The minimum atomic E-state index is -0.270. The van der Waals surface area contributed by atoms with Crippen LogP contribution >= 0.6 is 11.6 Å². The predicted molar refractivity (Wildman–Crippen MR) is 79.3 cm³/mol. The molecular formula is C15H13ClFN3. The molecule has 0 spiro atoms. The molecule has 1 heterocycles. The van der Waals surface area contributed by atoms with Gasteiger partial charge in [-0.15, -0.1) is 0 Å². The maximum absolute atomic E-state index is 13.0. The van der Waals surface area contributed by atoms with E-state index < -0.39 is 0 Å². The smallest absolute Gasteiger partial charge is 0.123 e. The van der Waals surface area contributed by atoms with Crippen LogP contribution in [-0.2, 0) is 0 Å². The van der Waals surface area contributed by atoms with E-state index in [0.29, 0.717) is 17.3 Å². The Morgan fingerprint density at radius 2 is 1.75 bits per heavy atom. The van der Waals surface area contributed by atoms with Crippen molar-refractivity contribution in [3.63, 3.8) is 0 Å². The zero-order valence-electron chi connectivity index (χ0n) is 10.6. The van der Waals surface area contributed by atoms with Crippen molar-refractivity contribution < 1.29 is 4.39 Å². The number of amidine groups is 1. The number of anilines is 1. The third kappa shape index (κ3) is 2.47. The molecule has 0 radical (unpaired) electrons. The number of hydrogen-bond donors (Lipinski definition) is 1. The maximum Gasteiger partial charge on any atom is 0.123 e. The Labute approximate surface area is 121 Å². The molecule has 3 rings (SSSR count). The standard InChI is InChI=1S/C15H13ClFN3/c16-11-3-1-10(2-4-11)14-9-15(18)19-20(14)13-7-5-12(17)6-8-13/h1-8,14H,9H2,(H2,18,19). The van der Waals surface area contributed by atoms with Crippen LogP contribution in [0.5, 0.6) is 0 Å². The molecule has 1 unspecified atom stereocenters. The first kappa shape index (κ1) is 12.9. The topological polar surface area (TPSA) is 41.6 Å². The molecule has 0 saturated heterocycles. The number of halogens is 2. The van der Waals surface area contributed by atoms with Gasteiger partial charge in [-0.3, -0.25) is 5.01 Å². The van der Waals surface area contributed by atoms with Gasteiger partial charge >= 0.3 is 0 Å². The normalized spacial score (nSPS) is 18.2. The van der Waals surface area contributed by atoms with E-state index in [1.807, 2.05) is 29.3 Å². The molecule has 102 valence electrons. The van der Waals surface area contributed by atoms with E-state index in [-0.39, 0.29) is 11.9 Å². The lowest BCUT2D eigenvalue weighted by Crippen LogP contribution is -2.18. The Morgan fingerprint density at radius 1 is 1.10 bits per heavy atom. The molecule has 1 aliphatic heterocycles. The first-order valence-electron chi connectivity index (χ1n) is 6.27. The summed E-state index contributed by atoms with van der Waals surface area (Å²) in [7, 11) is 0. The van der Waals surface area contributed by atoms with E-state index in [2.05, 4.69) is 5.10 Å². The van der Waals surface area contributed by atoms with E-state index in [9.17, 15) is 4.39 Å². The van der Waals surface area contributed by atoms with Crippen molar-refractivity contribution >= 4 is 23.1 Å². The fourth-order valence-corrected chi connectivity index (χ4v) is 2.43. The average Bonchev–Trinajstić information content (AvgIpc) is 2.82. The molecule has 0 fully saturated rings. The van der Waals surface area contributed by atoms with Crippen molar-refractivity contribution in [1.82, 2.24) is 0 Å². The Hall–Kier alpha value is -2.07. The summed E-state index contributed by atoms with van der Waals surface area (Å²) < 4.78 is 13.0. The third-order valence-electron chi connectivity index (χ3n) is 3.28. The second-order valence-corrected chi connectivity index (χ2v) is 5.12. The molecule has 0 bridgehead atoms. The summed E-state index contributed by atoms with van der Waals surface area (Å²) in [4.78, 5) is 0. The third-order valence-corrected chi connectivity index (χ3v) is 3.53. The molecule has 2 N–H and O–H groups in total. The van der Waals surface area contributed by atoms with Gasteiger partial charge in [0.15, 0.2) is 0 Å². The second kappa shape index (κ2) is 5.13. The van der Waals surface area contributed by atoms with Crippen LogP contribution < -0.4 is 10.7 Å². The highest BCUT2D eigenvalue weighted by atomic mass is 35.5. The molecular weight excluding hydrogens is 277 g/mol. The van der Waals surface area contributed by atoms with Gasteiger partial charge in [0.25, 0.3) is 0 Å². The Kier molecular flexibility index (Phi) is 3.32. The van der Waals surface area contributed by atoms with Gasteiger partial charge in [0.1, 0.15) is 11.7 Å². The number of nitrogens with zero attached hydrogens (tertiary/aromatic N) is 2. The van der Waals surface area contributed by atoms with Crippen molar-refractivity contribution in [2.75, 3.05) is 5.01 Å². The first-order chi connectivity index (χ1) is 9.63. The summed E-state index contributed by atoms with van der Waals surface area (Å²) in [6.45, 7) is 0. The van der Waals surface area contributed by atoms with Crippen molar-refractivity contribution in [1.29, 1.82) is 0 Å². The highest BCUT2D eigenvalue weighted by Crippen LogP contribution is 2.34. The van der Waals surface area contributed by atoms with Crippen molar-refractivity contribution in [2.24, 2.45) is 10.8 Å². The number of hydrazone groups is 1. The van der Waals surface area contributed by atoms with Crippen LogP contribution in [0.15, 0.2) is 53.6 Å². The molecule has 0 aromatic heterocycles. The largest absolute Gasteiger partial charge is 0.386 e. The van der Waals surface area contributed by atoms with Gasteiger partial charge in [0, 0.05) is 11.4 Å². The lowest BCUT2D eigenvalue weighted by molar-refractivity contribution is 0.626. The van der Waals surface area contributed by atoms with E-state index in [1.165, 1.54) is 12.1 Å². The monoisotopic (exact) mass is 289 g/mol. The van der Waals surface area contributed by atoms with Gasteiger partial charge in [-0.05, 0) is 42.0 Å². The van der Waals surface area contributed by atoms with E-state index >= 15 is 0 Å². The summed E-state index contributed by atoms with van der Waals surface area (Å²) in [5.74, 6) is 0.294. The molecule has 5 heteroatoms. The molecule has 1 atom stereocenters. The van der Waals surface area contributed by atoms with Gasteiger partial charge in [-0.25, -0.2) is 4.39 Å². The Morgan fingerprint density at radius 3 is 2.40 bits per heavy atom. The fraction of sp³-hybridized carbons (Fsp3) is 0.133. The van der Waals surface area contributed by atoms with Gasteiger partial charge < -0.3 is 5.73 Å². The van der Waals surface area contributed by atoms with Gasteiger partial charge in [0.2, 0.25) is 0 Å². The average molecular weight is 290 g/mol. The highest BCUT2D eigenvalue weighted by molar-refractivity contribution is 6.30. The first-order valence-corrected chi connectivity index (χ1v) is 6.64. The molecule has 0 amide bonds. The second-order valence-electron chi connectivity index (χ2n) is 4.68. The van der Waals surface area contributed by atoms with Gasteiger partial charge in [0.05, 0.1) is 11.7 Å². The quantitative estimate of drug-likeness (QED) is 0.916. The van der Waals surface area contributed by atoms with Crippen LogP contribution in [0.4, 0.5) is 10.1 Å². The lowest BCUT2D eigenvalue weighted by Gasteiger charge is -2.23. The van der Waals surface area contributed by atoms with Crippen LogP contribution in [0.3, 0.4) is 0 Å². The van der Waals surface area contributed by atoms with Crippen molar-refractivity contribution in [3.8, 4) is 0 Å². The lowest BCUT2D eigenvalue weighted by atomic mass is 10.0. The van der Waals surface area contributed by atoms with Crippen LogP contribution in [0, 0.1) is 5.82 Å². The summed E-state index contributed by atoms with van der Waals surface area (Å²) in [6, 6.07) is 13.8. The zero-order valence-corrected chi connectivity index (χ0v) is 11.4. The van der Waals surface area contributed by atoms with E-state index in [1.54, 1.807) is 12.1 Å². The summed E-state index contributed by atoms with van der Waals surface area (Å²) >= 11 is 5.91. The maximum atomic E-state index is 13.0. The van der Waals surface area contributed by atoms with Crippen molar-refractivity contribution in [2.45, 2.75) is 12.5 Å². The van der Waals surface area contributed by atoms with Crippen LogP contribution in [0.2, 0.25) is 5.02 Å². The Balaban J connectivity index is 1.95. The van der Waals surface area contributed by atoms with Crippen LogP contribution in [0.1, 0.15) is 18.0 Å². The molecule has 0 saturated carbocycles. The molecule has 0 aliphatic carbocycles. The molecule has 20 heavy (non-hydrogen) atoms. The minimum Gasteiger partial charge on any atom is -0.386 e. The van der Waals surface area contributed by atoms with Crippen LogP contribution in [-0.4, -0.2) is 5.84 Å². The Bertz CT molecular complexity index is 637. The number of benzene rings is 2. The molecule has 2 aromatic carbocycles. The van der Waals surface area contributed by atoms with Crippen LogP contribution in [0.25, 0.3) is 0 Å². The SMILES string of the molecule is NC1=NN(c2ccc(F)cc2)C(c2ccc(Cl)cc2)C1. The van der Waals surface area contributed by atoms with Gasteiger partial charge in [-0.2, -0.15) is 5.10 Å². The predicted octanol–water partition coefficient (Wildman–Crippen LogP) is 3.70. The molecule has 3 nitrogen and oxygen atoms in total.